The fourth-order valence-electron chi connectivity index (χ4n) is 1.13. The minimum absolute atomic E-state index is 0.0685. The molecular weight excluding hydrogens is 251 g/mol. The van der Waals surface area contributed by atoms with E-state index >= 15 is 0 Å². The predicted molar refractivity (Wildman–Crippen MR) is 55.0 cm³/mol. The molecule has 0 bridgehead atoms. The maximum absolute atomic E-state index is 13.5. The second-order valence-corrected chi connectivity index (χ2v) is 3.73. The van der Waals surface area contributed by atoms with Gasteiger partial charge in [0.05, 0.1) is 11.6 Å². The Balaban J connectivity index is 3.10. The maximum atomic E-state index is 13.5. The van der Waals surface area contributed by atoms with Gasteiger partial charge in [-0.05, 0) is 34.5 Å². The maximum Gasteiger partial charge on any atom is 0.144 e. The smallest absolute Gasteiger partial charge is 0.144 e. The van der Waals surface area contributed by atoms with E-state index in [4.69, 9.17) is 4.74 Å². The molecule has 0 atom stereocenters. The van der Waals surface area contributed by atoms with Crippen molar-refractivity contribution in [1.82, 2.24) is 0 Å². The first-order chi connectivity index (χ1) is 6.56. The number of ether oxygens (including phenoxy) is 1. The molecule has 1 aromatic carbocycles. The van der Waals surface area contributed by atoms with Gasteiger partial charge in [-0.1, -0.05) is 6.07 Å². The van der Waals surface area contributed by atoms with Crippen LogP contribution in [-0.2, 0) is 11.2 Å². The molecule has 76 valence electrons. The van der Waals surface area contributed by atoms with E-state index in [9.17, 15) is 9.18 Å². The van der Waals surface area contributed by atoms with Crippen LogP contribution in [0.15, 0.2) is 16.6 Å². The van der Waals surface area contributed by atoms with Crippen LogP contribution in [0.3, 0.4) is 0 Å². The molecule has 1 aromatic rings. The molecule has 2 nitrogen and oxygen atoms in total. The minimum atomic E-state index is -0.431. The topological polar surface area (TPSA) is 26.3 Å². The van der Waals surface area contributed by atoms with Crippen molar-refractivity contribution >= 4 is 21.7 Å². The number of carbonyl (C=O) groups excluding carboxylic acids is 1. The molecule has 0 aliphatic heterocycles. The van der Waals surface area contributed by atoms with E-state index in [1.807, 2.05) is 0 Å². The number of hydrogen-bond acceptors (Lipinski definition) is 2. The average Bonchev–Trinajstić information content (AvgIpc) is 2.13. The third-order valence-electron chi connectivity index (χ3n) is 1.79. The summed E-state index contributed by atoms with van der Waals surface area (Å²) in [6, 6.07) is 3.19. The predicted octanol–water partition coefficient (Wildman–Crippen LogP) is 2.73. The van der Waals surface area contributed by atoms with E-state index in [-0.39, 0.29) is 16.7 Å². The van der Waals surface area contributed by atoms with E-state index in [0.717, 1.165) is 0 Å². The fraction of sp³-hybridized carbons (Fsp3) is 0.300. The van der Waals surface area contributed by atoms with Gasteiger partial charge in [0.15, 0.2) is 0 Å². The molecule has 0 saturated carbocycles. The Hall–Kier alpha value is -0.900. The van der Waals surface area contributed by atoms with Crippen molar-refractivity contribution in [1.29, 1.82) is 0 Å². The van der Waals surface area contributed by atoms with Crippen LogP contribution in [-0.4, -0.2) is 12.9 Å². The molecule has 0 heterocycles. The Labute approximate surface area is 90.2 Å². The first kappa shape index (κ1) is 11.2. The summed E-state index contributed by atoms with van der Waals surface area (Å²) in [6.45, 7) is 1.43. The lowest BCUT2D eigenvalue weighted by atomic mass is 10.1. The van der Waals surface area contributed by atoms with Gasteiger partial charge in [0.1, 0.15) is 17.3 Å². The van der Waals surface area contributed by atoms with E-state index in [1.165, 1.54) is 14.0 Å². The standard InChI is InChI=1S/C10H10BrFO2/c1-6(13)5-7-3-4-8(14-2)9(11)10(7)12/h3-4H,5H2,1-2H3. The zero-order valence-electron chi connectivity index (χ0n) is 7.93. The third kappa shape index (κ3) is 2.32. The molecule has 0 saturated heterocycles. The molecule has 4 heteroatoms. The molecule has 0 N–H and O–H groups in total. The van der Waals surface area contributed by atoms with Gasteiger partial charge in [-0.2, -0.15) is 0 Å². The Morgan fingerprint density at radius 1 is 1.57 bits per heavy atom. The summed E-state index contributed by atoms with van der Waals surface area (Å²) < 4.78 is 18.7. The molecule has 0 aliphatic carbocycles. The van der Waals surface area contributed by atoms with Gasteiger partial charge in [-0.25, -0.2) is 4.39 Å². The van der Waals surface area contributed by atoms with Gasteiger partial charge < -0.3 is 4.74 Å². The van der Waals surface area contributed by atoms with E-state index in [2.05, 4.69) is 15.9 Å². The van der Waals surface area contributed by atoms with Crippen LogP contribution in [0.4, 0.5) is 4.39 Å². The van der Waals surface area contributed by atoms with Crippen molar-refractivity contribution in [2.75, 3.05) is 7.11 Å². The van der Waals surface area contributed by atoms with Crippen molar-refractivity contribution in [3.63, 3.8) is 0 Å². The van der Waals surface area contributed by atoms with E-state index in [0.29, 0.717) is 11.3 Å². The van der Waals surface area contributed by atoms with Crippen LogP contribution >= 0.6 is 15.9 Å². The summed E-state index contributed by atoms with van der Waals surface area (Å²) in [5.74, 6) is -0.0738. The summed E-state index contributed by atoms with van der Waals surface area (Å²) in [7, 11) is 1.46. The molecule has 0 radical (unpaired) electrons. The Kier molecular flexibility index (Phi) is 3.63. The molecule has 0 unspecified atom stereocenters. The first-order valence-electron chi connectivity index (χ1n) is 4.06. The number of ketones is 1. The number of hydrogen-bond donors (Lipinski definition) is 0. The summed E-state index contributed by atoms with van der Waals surface area (Å²) >= 11 is 3.07. The van der Waals surface area contributed by atoms with Gasteiger partial charge in [0, 0.05) is 6.42 Å². The largest absolute Gasteiger partial charge is 0.495 e. The second-order valence-electron chi connectivity index (χ2n) is 2.93. The fourth-order valence-corrected chi connectivity index (χ4v) is 1.68. The monoisotopic (exact) mass is 260 g/mol. The number of rotatable bonds is 3. The highest BCUT2D eigenvalue weighted by molar-refractivity contribution is 9.10. The van der Waals surface area contributed by atoms with Crippen molar-refractivity contribution in [2.45, 2.75) is 13.3 Å². The van der Waals surface area contributed by atoms with Gasteiger partial charge in [0.25, 0.3) is 0 Å². The number of benzene rings is 1. The summed E-state index contributed by atoms with van der Waals surface area (Å²) in [4.78, 5) is 10.8. The molecule has 0 aromatic heterocycles. The highest BCUT2D eigenvalue weighted by Crippen LogP contribution is 2.29. The number of Topliss-reactive ketones (excluding diaryl/α,β-unsaturated/α-hetero) is 1. The molecule has 14 heavy (non-hydrogen) atoms. The lowest BCUT2D eigenvalue weighted by molar-refractivity contribution is -0.116. The van der Waals surface area contributed by atoms with Crippen LogP contribution < -0.4 is 4.74 Å². The third-order valence-corrected chi connectivity index (χ3v) is 2.53. The van der Waals surface area contributed by atoms with Crippen LogP contribution in [0.25, 0.3) is 0 Å². The van der Waals surface area contributed by atoms with Gasteiger partial charge >= 0.3 is 0 Å². The SMILES string of the molecule is COc1ccc(CC(C)=O)c(F)c1Br. The molecule has 0 fully saturated rings. The van der Waals surface area contributed by atoms with Crippen molar-refractivity contribution in [2.24, 2.45) is 0 Å². The van der Waals surface area contributed by atoms with Gasteiger partial charge in [-0.3, -0.25) is 4.79 Å². The summed E-state index contributed by atoms with van der Waals surface area (Å²) in [5.41, 5.74) is 0.380. The normalized spacial score (nSPS) is 10.0. The van der Waals surface area contributed by atoms with E-state index in [1.54, 1.807) is 12.1 Å². The summed E-state index contributed by atoms with van der Waals surface area (Å²) in [6.07, 6.45) is 0.106. The van der Waals surface area contributed by atoms with Gasteiger partial charge in [0.2, 0.25) is 0 Å². The van der Waals surface area contributed by atoms with Crippen LogP contribution in [0.5, 0.6) is 5.75 Å². The van der Waals surface area contributed by atoms with Crippen molar-refractivity contribution < 1.29 is 13.9 Å². The first-order valence-corrected chi connectivity index (χ1v) is 4.86. The highest BCUT2D eigenvalue weighted by atomic mass is 79.9. The summed E-state index contributed by atoms with van der Waals surface area (Å²) in [5, 5.41) is 0. The highest BCUT2D eigenvalue weighted by Gasteiger charge is 2.12. The van der Waals surface area contributed by atoms with E-state index < -0.39 is 5.82 Å². The molecule has 0 aliphatic rings. The van der Waals surface area contributed by atoms with Crippen LogP contribution in [0, 0.1) is 5.82 Å². The Morgan fingerprint density at radius 2 is 2.21 bits per heavy atom. The Morgan fingerprint density at radius 3 is 2.71 bits per heavy atom. The average molecular weight is 261 g/mol. The number of carbonyl (C=O) groups is 1. The second kappa shape index (κ2) is 4.55. The van der Waals surface area contributed by atoms with Crippen LogP contribution in [0.2, 0.25) is 0 Å². The molecular formula is C10H10BrFO2. The quantitative estimate of drug-likeness (QED) is 0.836. The lowest BCUT2D eigenvalue weighted by Crippen LogP contribution is -2.00. The molecule has 1 rings (SSSR count). The zero-order valence-corrected chi connectivity index (χ0v) is 9.52. The zero-order chi connectivity index (χ0) is 10.7. The lowest BCUT2D eigenvalue weighted by Gasteiger charge is -2.07. The Bertz CT molecular complexity index is 363. The van der Waals surface area contributed by atoms with Crippen molar-refractivity contribution in [3.05, 3.63) is 28.0 Å². The number of methoxy groups -OCH3 is 1. The number of halogens is 2. The van der Waals surface area contributed by atoms with Crippen LogP contribution in [0.1, 0.15) is 12.5 Å². The minimum Gasteiger partial charge on any atom is -0.495 e. The molecule has 0 amide bonds. The van der Waals surface area contributed by atoms with Gasteiger partial charge in [-0.15, -0.1) is 0 Å². The molecule has 0 spiro atoms. The van der Waals surface area contributed by atoms with Crippen molar-refractivity contribution in [3.8, 4) is 5.75 Å².